The van der Waals surface area contributed by atoms with Crippen LogP contribution in [0.2, 0.25) is 0 Å². The van der Waals surface area contributed by atoms with E-state index in [1.807, 2.05) is 0 Å². The Balaban J connectivity index is 1.86. The lowest BCUT2D eigenvalue weighted by Gasteiger charge is -2.33. The van der Waals surface area contributed by atoms with Gasteiger partial charge in [0.25, 0.3) is 0 Å². The Kier molecular flexibility index (Phi) is 5.41. The summed E-state index contributed by atoms with van der Waals surface area (Å²) in [6.45, 7) is 5.24. The van der Waals surface area contributed by atoms with Crippen LogP contribution in [0.3, 0.4) is 0 Å². The molecular formula is C17H28N2. The second-order valence-electron chi connectivity index (χ2n) is 6.22. The molecule has 19 heavy (non-hydrogen) atoms. The minimum atomic E-state index is 0.745. The molecule has 0 saturated heterocycles. The van der Waals surface area contributed by atoms with Crippen LogP contribution < -0.4 is 5.73 Å². The van der Waals surface area contributed by atoms with Gasteiger partial charge in [0.1, 0.15) is 0 Å². The van der Waals surface area contributed by atoms with Gasteiger partial charge in [-0.05, 0) is 50.8 Å². The SMILES string of the molecule is Cc1ccc(CN(C)CC2CCCCC2CN)cc1. The zero-order chi connectivity index (χ0) is 13.7. The highest BCUT2D eigenvalue weighted by Gasteiger charge is 2.24. The monoisotopic (exact) mass is 260 g/mol. The molecule has 2 rings (SSSR count). The molecule has 0 bridgehead atoms. The third kappa shape index (κ3) is 4.32. The summed E-state index contributed by atoms with van der Waals surface area (Å²) in [6.07, 6.45) is 5.46. The first-order chi connectivity index (χ1) is 9.19. The number of nitrogens with zero attached hydrogens (tertiary/aromatic N) is 1. The van der Waals surface area contributed by atoms with Gasteiger partial charge >= 0.3 is 0 Å². The highest BCUT2D eigenvalue weighted by atomic mass is 15.1. The summed E-state index contributed by atoms with van der Waals surface area (Å²) in [7, 11) is 2.24. The maximum Gasteiger partial charge on any atom is 0.0230 e. The van der Waals surface area contributed by atoms with Gasteiger partial charge in [-0.1, -0.05) is 42.7 Å². The maximum atomic E-state index is 5.92. The van der Waals surface area contributed by atoms with Crippen LogP contribution in [0.25, 0.3) is 0 Å². The summed E-state index contributed by atoms with van der Waals surface area (Å²) in [5.74, 6) is 1.54. The fraction of sp³-hybridized carbons (Fsp3) is 0.647. The lowest BCUT2D eigenvalue weighted by molar-refractivity contribution is 0.170. The molecule has 2 unspecified atom stereocenters. The average molecular weight is 260 g/mol. The van der Waals surface area contributed by atoms with Gasteiger partial charge in [0.2, 0.25) is 0 Å². The molecule has 1 aliphatic rings. The largest absolute Gasteiger partial charge is 0.330 e. The second kappa shape index (κ2) is 7.06. The van der Waals surface area contributed by atoms with Crippen molar-refractivity contribution in [3.63, 3.8) is 0 Å². The van der Waals surface area contributed by atoms with Crippen LogP contribution in [-0.4, -0.2) is 25.0 Å². The number of hydrogen-bond acceptors (Lipinski definition) is 2. The normalized spacial score (nSPS) is 23.8. The molecule has 2 N–H and O–H groups in total. The zero-order valence-electron chi connectivity index (χ0n) is 12.4. The van der Waals surface area contributed by atoms with Crippen molar-refractivity contribution in [2.75, 3.05) is 20.1 Å². The van der Waals surface area contributed by atoms with Crippen molar-refractivity contribution in [3.8, 4) is 0 Å². The number of nitrogens with two attached hydrogens (primary N) is 1. The first-order valence-corrected chi connectivity index (χ1v) is 7.63. The van der Waals surface area contributed by atoms with E-state index in [0.29, 0.717) is 0 Å². The first kappa shape index (κ1) is 14.5. The van der Waals surface area contributed by atoms with E-state index in [2.05, 4.69) is 43.1 Å². The predicted molar refractivity (Wildman–Crippen MR) is 82.0 cm³/mol. The van der Waals surface area contributed by atoms with Crippen LogP contribution in [0.4, 0.5) is 0 Å². The highest BCUT2D eigenvalue weighted by molar-refractivity contribution is 5.21. The first-order valence-electron chi connectivity index (χ1n) is 7.63. The molecule has 106 valence electrons. The Bertz CT molecular complexity index is 371. The van der Waals surface area contributed by atoms with Crippen molar-refractivity contribution in [2.45, 2.75) is 39.2 Å². The Morgan fingerprint density at radius 3 is 2.37 bits per heavy atom. The van der Waals surface area contributed by atoms with Gasteiger partial charge in [0.05, 0.1) is 0 Å². The zero-order valence-corrected chi connectivity index (χ0v) is 12.4. The number of hydrogen-bond donors (Lipinski definition) is 1. The number of benzene rings is 1. The van der Waals surface area contributed by atoms with E-state index in [-0.39, 0.29) is 0 Å². The standard InChI is InChI=1S/C17H28N2/c1-14-7-9-15(10-8-14)12-19(2)13-17-6-4-3-5-16(17)11-18/h7-10,16-17H,3-6,11-13,18H2,1-2H3. The van der Waals surface area contributed by atoms with Gasteiger partial charge < -0.3 is 10.6 Å². The summed E-state index contributed by atoms with van der Waals surface area (Å²) in [5.41, 5.74) is 8.67. The summed E-state index contributed by atoms with van der Waals surface area (Å²) < 4.78 is 0. The van der Waals surface area contributed by atoms with Crippen molar-refractivity contribution in [1.82, 2.24) is 4.90 Å². The van der Waals surface area contributed by atoms with Crippen LogP contribution in [-0.2, 0) is 6.54 Å². The van der Waals surface area contributed by atoms with Gasteiger partial charge in [-0.2, -0.15) is 0 Å². The molecule has 0 radical (unpaired) electrons. The van der Waals surface area contributed by atoms with E-state index in [1.54, 1.807) is 0 Å². The molecule has 1 aromatic carbocycles. The van der Waals surface area contributed by atoms with Gasteiger partial charge in [-0.25, -0.2) is 0 Å². The van der Waals surface area contributed by atoms with E-state index >= 15 is 0 Å². The van der Waals surface area contributed by atoms with E-state index in [0.717, 1.165) is 24.9 Å². The molecule has 0 spiro atoms. The van der Waals surface area contributed by atoms with E-state index in [1.165, 1.54) is 43.4 Å². The molecule has 1 fully saturated rings. The molecular weight excluding hydrogens is 232 g/mol. The van der Waals surface area contributed by atoms with Crippen molar-refractivity contribution < 1.29 is 0 Å². The molecule has 0 heterocycles. The van der Waals surface area contributed by atoms with Crippen molar-refractivity contribution in [2.24, 2.45) is 17.6 Å². The highest BCUT2D eigenvalue weighted by Crippen LogP contribution is 2.29. The predicted octanol–water partition coefficient (Wildman–Crippen LogP) is 3.19. The Morgan fingerprint density at radius 1 is 1.11 bits per heavy atom. The van der Waals surface area contributed by atoms with E-state index in [4.69, 9.17) is 5.73 Å². The molecule has 1 aromatic rings. The van der Waals surface area contributed by atoms with Gasteiger partial charge in [-0.3, -0.25) is 0 Å². The lowest BCUT2D eigenvalue weighted by Crippen LogP contribution is -2.35. The van der Waals surface area contributed by atoms with Crippen molar-refractivity contribution in [3.05, 3.63) is 35.4 Å². The number of aryl methyl sites for hydroxylation is 1. The Hall–Kier alpha value is -0.860. The lowest BCUT2D eigenvalue weighted by atomic mass is 9.79. The van der Waals surface area contributed by atoms with Crippen molar-refractivity contribution in [1.29, 1.82) is 0 Å². The fourth-order valence-electron chi connectivity index (χ4n) is 3.31. The molecule has 1 saturated carbocycles. The minimum Gasteiger partial charge on any atom is -0.330 e. The maximum absolute atomic E-state index is 5.92. The van der Waals surface area contributed by atoms with Crippen LogP contribution >= 0.6 is 0 Å². The van der Waals surface area contributed by atoms with Gasteiger partial charge in [0, 0.05) is 13.1 Å². The van der Waals surface area contributed by atoms with E-state index in [9.17, 15) is 0 Å². The molecule has 2 atom stereocenters. The topological polar surface area (TPSA) is 29.3 Å². The van der Waals surface area contributed by atoms with Crippen LogP contribution in [0, 0.1) is 18.8 Å². The van der Waals surface area contributed by atoms with E-state index < -0.39 is 0 Å². The molecule has 0 aliphatic heterocycles. The molecule has 1 aliphatic carbocycles. The summed E-state index contributed by atoms with van der Waals surface area (Å²) >= 11 is 0. The fourth-order valence-corrected chi connectivity index (χ4v) is 3.31. The Labute approximate surface area is 118 Å². The van der Waals surface area contributed by atoms with Crippen molar-refractivity contribution >= 4 is 0 Å². The summed E-state index contributed by atoms with van der Waals surface area (Å²) in [5, 5.41) is 0. The third-order valence-electron chi connectivity index (χ3n) is 4.49. The Morgan fingerprint density at radius 2 is 1.74 bits per heavy atom. The summed E-state index contributed by atoms with van der Waals surface area (Å²) in [6, 6.07) is 8.89. The van der Waals surface area contributed by atoms with Crippen LogP contribution in [0.1, 0.15) is 36.8 Å². The average Bonchev–Trinajstić information content (AvgIpc) is 2.42. The summed E-state index contributed by atoms with van der Waals surface area (Å²) in [4.78, 5) is 2.46. The van der Waals surface area contributed by atoms with Gasteiger partial charge in [0.15, 0.2) is 0 Å². The van der Waals surface area contributed by atoms with Crippen LogP contribution in [0.5, 0.6) is 0 Å². The second-order valence-corrected chi connectivity index (χ2v) is 6.22. The molecule has 0 aromatic heterocycles. The van der Waals surface area contributed by atoms with Gasteiger partial charge in [-0.15, -0.1) is 0 Å². The quantitative estimate of drug-likeness (QED) is 0.881. The smallest absolute Gasteiger partial charge is 0.0230 e. The third-order valence-corrected chi connectivity index (χ3v) is 4.49. The van der Waals surface area contributed by atoms with Crippen LogP contribution in [0.15, 0.2) is 24.3 Å². The molecule has 0 amide bonds. The molecule has 2 heteroatoms. The number of rotatable bonds is 5. The minimum absolute atomic E-state index is 0.745. The molecule has 2 nitrogen and oxygen atoms in total.